The lowest BCUT2D eigenvalue weighted by Gasteiger charge is -2.13. The molecule has 0 aliphatic carbocycles. The van der Waals surface area contributed by atoms with Crippen molar-refractivity contribution < 1.29 is 9.47 Å². The van der Waals surface area contributed by atoms with Crippen LogP contribution in [0.4, 0.5) is 0 Å². The fourth-order valence-corrected chi connectivity index (χ4v) is 3.77. The van der Waals surface area contributed by atoms with Gasteiger partial charge in [-0.2, -0.15) is 0 Å². The van der Waals surface area contributed by atoms with Crippen LogP contribution < -0.4 is 20.1 Å². The second-order valence-electron chi connectivity index (χ2n) is 6.55. The molecule has 0 saturated carbocycles. The Bertz CT molecular complexity index is 803. The number of nitrogens with one attached hydrogen (secondary N) is 2. The lowest BCUT2D eigenvalue weighted by atomic mass is 10.1. The van der Waals surface area contributed by atoms with Crippen molar-refractivity contribution in [3.8, 4) is 11.5 Å². The number of aliphatic imine (C=N–C) groups is 1. The van der Waals surface area contributed by atoms with Crippen molar-refractivity contribution in [1.29, 1.82) is 0 Å². The van der Waals surface area contributed by atoms with Crippen molar-refractivity contribution in [2.24, 2.45) is 4.99 Å². The highest BCUT2D eigenvalue weighted by atomic mass is 32.1. The molecule has 0 spiro atoms. The van der Waals surface area contributed by atoms with Crippen molar-refractivity contribution in [2.75, 3.05) is 13.2 Å². The summed E-state index contributed by atoms with van der Waals surface area (Å²) in [6.07, 6.45) is 3.04. The quantitative estimate of drug-likeness (QED) is 0.562. The highest BCUT2D eigenvalue weighted by Gasteiger charge is 2.21. The average Bonchev–Trinajstić information content (AvgIpc) is 3.21. The van der Waals surface area contributed by atoms with Gasteiger partial charge in [0.15, 0.2) is 5.96 Å². The number of hydrogen-bond donors (Lipinski definition) is 2. The second-order valence-corrected chi connectivity index (χ2v) is 7.87. The number of thiazole rings is 1. The van der Waals surface area contributed by atoms with Crippen molar-refractivity contribution >= 4 is 17.3 Å². The van der Waals surface area contributed by atoms with E-state index in [2.05, 4.69) is 48.5 Å². The summed E-state index contributed by atoms with van der Waals surface area (Å²) in [5.74, 6) is 2.61. The number of fused-ring (bicyclic) bond motifs is 1. The van der Waals surface area contributed by atoms with E-state index in [1.54, 1.807) is 11.3 Å². The van der Waals surface area contributed by atoms with Gasteiger partial charge in [0.2, 0.25) is 0 Å². The zero-order valence-electron chi connectivity index (χ0n) is 16.5. The maximum Gasteiger partial charge on any atom is 0.191 e. The minimum atomic E-state index is 0.217. The highest BCUT2D eigenvalue weighted by Crippen LogP contribution is 2.35. The predicted octanol–water partition coefficient (Wildman–Crippen LogP) is 3.43. The van der Waals surface area contributed by atoms with Gasteiger partial charge >= 0.3 is 0 Å². The van der Waals surface area contributed by atoms with E-state index in [9.17, 15) is 0 Å². The Morgan fingerprint density at radius 2 is 2.22 bits per heavy atom. The first-order valence-electron chi connectivity index (χ1n) is 9.47. The molecule has 6 nitrogen and oxygen atoms in total. The molecule has 0 bridgehead atoms. The van der Waals surface area contributed by atoms with Crippen molar-refractivity contribution in [3.05, 3.63) is 39.3 Å². The molecule has 1 atom stereocenters. The molecule has 146 valence electrons. The van der Waals surface area contributed by atoms with Crippen LogP contribution in [-0.4, -0.2) is 30.2 Å². The molecular formula is C20H28N4O2S. The van der Waals surface area contributed by atoms with Crippen molar-refractivity contribution in [3.63, 3.8) is 0 Å². The summed E-state index contributed by atoms with van der Waals surface area (Å²) in [7, 11) is 0. The van der Waals surface area contributed by atoms with Crippen LogP contribution >= 0.6 is 11.3 Å². The summed E-state index contributed by atoms with van der Waals surface area (Å²) >= 11 is 1.69. The minimum Gasteiger partial charge on any atom is -0.494 e. The van der Waals surface area contributed by atoms with Gasteiger partial charge in [0.25, 0.3) is 0 Å². The third kappa shape index (κ3) is 5.13. The third-order valence-electron chi connectivity index (χ3n) is 4.21. The van der Waals surface area contributed by atoms with E-state index in [-0.39, 0.29) is 6.10 Å². The van der Waals surface area contributed by atoms with Crippen LogP contribution in [0.5, 0.6) is 11.5 Å². The number of benzene rings is 1. The van der Waals surface area contributed by atoms with Crippen LogP contribution in [0.1, 0.15) is 41.8 Å². The molecule has 2 heterocycles. The van der Waals surface area contributed by atoms with Gasteiger partial charge in [-0.25, -0.2) is 9.98 Å². The first-order valence-corrected chi connectivity index (χ1v) is 10.3. The predicted molar refractivity (Wildman–Crippen MR) is 110 cm³/mol. The average molecular weight is 389 g/mol. The normalized spacial score (nSPS) is 16.0. The van der Waals surface area contributed by atoms with Gasteiger partial charge in [0, 0.05) is 35.2 Å². The fourth-order valence-electron chi connectivity index (χ4n) is 3.04. The maximum atomic E-state index is 5.90. The molecule has 0 fully saturated rings. The van der Waals surface area contributed by atoms with Gasteiger partial charge in [-0.15, -0.1) is 11.3 Å². The molecule has 1 aliphatic rings. The molecule has 2 aromatic rings. The molecule has 0 saturated heterocycles. The highest BCUT2D eigenvalue weighted by molar-refractivity contribution is 7.11. The zero-order chi connectivity index (χ0) is 19.2. The van der Waals surface area contributed by atoms with Crippen LogP contribution in [0.15, 0.2) is 23.3 Å². The van der Waals surface area contributed by atoms with Gasteiger partial charge < -0.3 is 20.1 Å². The van der Waals surface area contributed by atoms with E-state index in [4.69, 9.17) is 14.5 Å². The van der Waals surface area contributed by atoms with E-state index in [1.807, 2.05) is 13.1 Å². The lowest BCUT2D eigenvalue weighted by Crippen LogP contribution is -2.36. The smallest absolute Gasteiger partial charge is 0.191 e. The SMILES string of the molecule is CCNC(=NCc1cc2c(cc1OCC)CC(C)O2)NCc1ncc(C)s1. The number of rotatable bonds is 7. The molecule has 0 radical (unpaired) electrons. The zero-order valence-corrected chi connectivity index (χ0v) is 17.3. The third-order valence-corrected chi connectivity index (χ3v) is 5.12. The molecular weight excluding hydrogens is 360 g/mol. The van der Waals surface area contributed by atoms with E-state index >= 15 is 0 Å². The number of ether oxygens (including phenoxy) is 2. The van der Waals surface area contributed by atoms with Crippen LogP contribution in [0.25, 0.3) is 0 Å². The van der Waals surface area contributed by atoms with Gasteiger partial charge in [0.05, 0.1) is 19.7 Å². The van der Waals surface area contributed by atoms with Gasteiger partial charge in [0.1, 0.15) is 22.6 Å². The molecule has 27 heavy (non-hydrogen) atoms. The molecule has 3 rings (SSSR count). The Kier molecular flexibility index (Phi) is 6.55. The minimum absolute atomic E-state index is 0.217. The molecule has 1 aliphatic heterocycles. The Morgan fingerprint density at radius 3 is 2.93 bits per heavy atom. The van der Waals surface area contributed by atoms with Crippen LogP contribution in [0.3, 0.4) is 0 Å². The Balaban J connectivity index is 1.73. The molecule has 2 N–H and O–H groups in total. The Labute approximate surface area is 165 Å². The number of aryl methyl sites for hydroxylation is 1. The van der Waals surface area contributed by atoms with Crippen LogP contribution in [-0.2, 0) is 19.5 Å². The first kappa shape index (κ1) is 19.5. The number of aromatic nitrogens is 1. The van der Waals surface area contributed by atoms with Gasteiger partial charge in [-0.1, -0.05) is 0 Å². The monoisotopic (exact) mass is 388 g/mol. The second kappa shape index (κ2) is 9.08. The Morgan fingerprint density at radius 1 is 1.37 bits per heavy atom. The molecule has 7 heteroatoms. The van der Waals surface area contributed by atoms with Crippen LogP contribution in [0, 0.1) is 6.92 Å². The largest absolute Gasteiger partial charge is 0.494 e. The molecule has 1 aromatic heterocycles. The van der Waals surface area contributed by atoms with E-state index in [1.165, 1.54) is 10.4 Å². The summed E-state index contributed by atoms with van der Waals surface area (Å²) in [4.78, 5) is 10.3. The maximum absolute atomic E-state index is 5.90. The molecule has 1 aromatic carbocycles. The standard InChI is InChI=1S/C20H28N4O2S/c1-5-21-20(24-12-19-22-10-14(4)27-19)23-11-16-9-18-15(7-13(3)26-18)8-17(16)25-6-2/h8-10,13H,5-7,11-12H2,1-4H3,(H2,21,23,24). The van der Waals surface area contributed by atoms with Crippen LogP contribution in [0.2, 0.25) is 0 Å². The van der Waals surface area contributed by atoms with E-state index < -0.39 is 0 Å². The summed E-state index contributed by atoms with van der Waals surface area (Å²) in [5, 5.41) is 7.68. The summed E-state index contributed by atoms with van der Waals surface area (Å²) < 4.78 is 11.7. The summed E-state index contributed by atoms with van der Waals surface area (Å²) in [6, 6.07) is 4.17. The Hall–Kier alpha value is -2.28. The van der Waals surface area contributed by atoms with E-state index in [0.717, 1.165) is 41.0 Å². The number of guanidine groups is 1. The summed E-state index contributed by atoms with van der Waals surface area (Å²) in [6.45, 7) is 10.8. The lowest BCUT2D eigenvalue weighted by molar-refractivity contribution is 0.254. The van der Waals surface area contributed by atoms with E-state index in [0.29, 0.717) is 19.7 Å². The van der Waals surface area contributed by atoms with Gasteiger partial charge in [-0.3, -0.25) is 0 Å². The van der Waals surface area contributed by atoms with Crippen molar-refractivity contribution in [1.82, 2.24) is 15.6 Å². The molecule has 0 amide bonds. The van der Waals surface area contributed by atoms with Crippen molar-refractivity contribution in [2.45, 2.75) is 53.3 Å². The topological polar surface area (TPSA) is 67.8 Å². The van der Waals surface area contributed by atoms with Gasteiger partial charge in [-0.05, 0) is 39.8 Å². The number of nitrogens with zero attached hydrogens (tertiary/aromatic N) is 2. The first-order chi connectivity index (χ1) is 13.1. The summed E-state index contributed by atoms with van der Waals surface area (Å²) in [5.41, 5.74) is 2.25. The fraction of sp³-hybridized carbons (Fsp3) is 0.500. The number of hydrogen-bond acceptors (Lipinski definition) is 5. The molecule has 1 unspecified atom stereocenters.